The highest BCUT2D eigenvalue weighted by Crippen LogP contribution is 2.45. The van der Waals surface area contributed by atoms with Crippen molar-refractivity contribution < 1.29 is 19.1 Å². The van der Waals surface area contributed by atoms with Crippen LogP contribution in [-0.2, 0) is 14.3 Å². The van der Waals surface area contributed by atoms with Gasteiger partial charge in [-0.25, -0.2) is 4.79 Å². The maximum atomic E-state index is 13.5. The van der Waals surface area contributed by atoms with Crippen LogP contribution in [0.2, 0.25) is 0 Å². The molecule has 3 fully saturated rings. The van der Waals surface area contributed by atoms with Crippen LogP contribution < -0.4 is 5.32 Å². The fourth-order valence-corrected chi connectivity index (χ4v) is 5.45. The van der Waals surface area contributed by atoms with E-state index in [1.54, 1.807) is 0 Å². The summed E-state index contributed by atoms with van der Waals surface area (Å²) in [6.07, 6.45) is 4.40. The molecule has 0 radical (unpaired) electrons. The average molecular weight is 425 g/mol. The lowest BCUT2D eigenvalue weighted by atomic mass is 9.72. The Bertz CT molecular complexity index is 594. The molecule has 3 aliphatic rings. The van der Waals surface area contributed by atoms with Crippen molar-refractivity contribution in [1.82, 2.24) is 20.0 Å². The molecule has 1 aliphatic carbocycles. The Morgan fingerprint density at radius 1 is 1.17 bits per heavy atom. The van der Waals surface area contributed by atoms with E-state index in [2.05, 4.69) is 22.0 Å². The molecule has 0 aromatic carbocycles. The molecule has 2 heterocycles. The number of urea groups is 1. The molecule has 3 atom stereocenters. The molecular formula is C22H40N4O4. The Labute approximate surface area is 181 Å². The third-order valence-corrected chi connectivity index (χ3v) is 6.84. The summed E-state index contributed by atoms with van der Waals surface area (Å²) in [5.41, 5.74) is 0. The molecule has 0 aromatic rings. The van der Waals surface area contributed by atoms with Crippen LogP contribution in [0.15, 0.2) is 0 Å². The molecule has 172 valence electrons. The Hall–Kier alpha value is -1.22. The van der Waals surface area contributed by atoms with Gasteiger partial charge in [-0.3, -0.25) is 14.6 Å². The molecule has 8 nitrogen and oxygen atoms in total. The van der Waals surface area contributed by atoms with Crippen molar-refractivity contribution in [3.8, 4) is 0 Å². The zero-order chi connectivity index (χ0) is 21.7. The number of fused-ring (bicyclic) bond motifs is 1. The maximum Gasteiger partial charge on any atom is 0.324 e. The first-order valence-corrected chi connectivity index (χ1v) is 11.6. The van der Waals surface area contributed by atoms with Gasteiger partial charge in [0.25, 0.3) is 0 Å². The second kappa shape index (κ2) is 10.4. The van der Waals surface area contributed by atoms with Gasteiger partial charge in [0.05, 0.1) is 19.1 Å². The van der Waals surface area contributed by atoms with Crippen molar-refractivity contribution >= 4 is 11.9 Å². The van der Waals surface area contributed by atoms with Crippen LogP contribution in [-0.4, -0.2) is 98.5 Å². The monoisotopic (exact) mass is 424 g/mol. The van der Waals surface area contributed by atoms with Crippen LogP contribution in [0, 0.1) is 11.8 Å². The van der Waals surface area contributed by atoms with Gasteiger partial charge >= 0.3 is 6.03 Å². The second-order valence-corrected chi connectivity index (χ2v) is 9.18. The van der Waals surface area contributed by atoms with E-state index in [9.17, 15) is 9.59 Å². The zero-order valence-electron chi connectivity index (χ0n) is 19.2. The highest BCUT2D eigenvalue weighted by molar-refractivity contribution is 5.95. The van der Waals surface area contributed by atoms with Crippen LogP contribution >= 0.6 is 0 Å². The Morgan fingerprint density at radius 2 is 1.90 bits per heavy atom. The van der Waals surface area contributed by atoms with Crippen LogP contribution in [0.25, 0.3) is 0 Å². The van der Waals surface area contributed by atoms with E-state index in [0.29, 0.717) is 38.3 Å². The lowest BCUT2D eigenvalue weighted by molar-refractivity contribution is -0.203. The Kier molecular flexibility index (Phi) is 8.12. The van der Waals surface area contributed by atoms with E-state index in [4.69, 9.17) is 9.47 Å². The summed E-state index contributed by atoms with van der Waals surface area (Å²) in [6, 6.07) is 0.207. The molecular weight excluding hydrogens is 384 g/mol. The van der Waals surface area contributed by atoms with Crippen molar-refractivity contribution in [1.29, 1.82) is 0 Å². The summed E-state index contributed by atoms with van der Waals surface area (Å²) < 4.78 is 12.0. The zero-order valence-corrected chi connectivity index (χ0v) is 19.2. The fraction of sp³-hybridized carbons (Fsp3) is 0.909. The molecule has 2 aliphatic heterocycles. The molecule has 1 saturated carbocycles. The first-order valence-electron chi connectivity index (χ1n) is 11.6. The summed E-state index contributed by atoms with van der Waals surface area (Å²) in [5.74, 6) is -0.289. The van der Waals surface area contributed by atoms with Gasteiger partial charge in [-0.1, -0.05) is 6.92 Å². The third-order valence-electron chi connectivity index (χ3n) is 6.84. The number of hydrogen-bond acceptors (Lipinski definition) is 6. The lowest BCUT2D eigenvalue weighted by Crippen LogP contribution is -2.58. The first kappa shape index (κ1) is 23.4. The quantitative estimate of drug-likeness (QED) is 0.671. The predicted molar refractivity (Wildman–Crippen MR) is 115 cm³/mol. The van der Waals surface area contributed by atoms with Crippen molar-refractivity contribution in [2.24, 2.45) is 11.8 Å². The lowest BCUT2D eigenvalue weighted by Gasteiger charge is -2.50. The summed E-state index contributed by atoms with van der Waals surface area (Å²) in [7, 11) is 4.01. The Balaban J connectivity index is 1.71. The summed E-state index contributed by atoms with van der Waals surface area (Å²) >= 11 is 0. The molecule has 0 aromatic heterocycles. The van der Waals surface area contributed by atoms with E-state index >= 15 is 0 Å². The molecule has 2 saturated heterocycles. The van der Waals surface area contributed by atoms with Gasteiger partial charge < -0.3 is 19.7 Å². The maximum absolute atomic E-state index is 13.5. The van der Waals surface area contributed by atoms with E-state index in [-0.39, 0.29) is 17.9 Å². The van der Waals surface area contributed by atoms with Crippen molar-refractivity contribution in [3.63, 3.8) is 0 Å². The number of piperidine rings is 1. The standard InChI is InChI=1S/C22H40N4O4/c1-5-23-21(28)26(11-7-10-24(3)4)20(27)18-14-17-15-22(29-12-13-30-22)9-8-19(17)25(6-2)16-18/h17-19H,5-16H2,1-4H3,(H,23,28)/t17-,18-,19-/m1/s1. The van der Waals surface area contributed by atoms with Gasteiger partial charge in [0.15, 0.2) is 5.79 Å². The molecule has 8 heteroatoms. The summed E-state index contributed by atoms with van der Waals surface area (Å²) in [5, 5.41) is 2.82. The van der Waals surface area contributed by atoms with E-state index in [0.717, 1.165) is 51.7 Å². The number of carbonyl (C=O) groups excluding carboxylic acids is 2. The molecule has 0 bridgehead atoms. The molecule has 3 rings (SSSR count). The number of rotatable bonds is 7. The number of amides is 3. The van der Waals surface area contributed by atoms with E-state index < -0.39 is 5.79 Å². The predicted octanol–water partition coefficient (Wildman–Crippen LogP) is 1.75. The van der Waals surface area contributed by atoms with Gasteiger partial charge in [0.1, 0.15) is 0 Å². The number of imide groups is 1. The topological polar surface area (TPSA) is 74.4 Å². The van der Waals surface area contributed by atoms with Crippen LogP contribution in [0.5, 0.6) is 0 Å². The molecule has 1 N–H and O–H groups in total. The van der Waals surface area contributed by atoms with Gasteiger partial charge in [-0.05, 0) is 59.3 Å². The molecule has 1 spiro atoms. The number of likely N-dealkylation sites (tertiary alicyclic amines) is 1. The largest absolute Gasteiger partial charge is 0.348 e. The molecule has 3 amide bonds. The van der Waals surface area contributed by atoms with Crippen LogP contribution in [0.3, 0.4) is 0 Å². The fourth-order valence-electron chi connectivity index (χ4n) is 5.45. The number of nitrogens with zero attached hydrogens (tertiary/aromatic N) is 3. The van der Waals surface area contributed by atoms with Gasteiger partial charge in [-0.15, -0.1) is 0 Å². The summed E-state index contributed by atoms with van der Waals surface area (Å²) in [4.78, 5) is 32.1. The van der Waals surface area contributed by atoms with Crippen molar-refractivity contribution in [3.05, 3.63) is 0 Å². The minimum atomic E-state index is -0.448. The van der Waals surface area contributed by atoms with Crippen LogP contribution in [0.4, 0.5) is 4.79 Å². The highest BCUT2D eigenvalue weighted by Gasteiger charge is 2.50. The number of hydrogen-bond donors (Lipinski definition) is 1. The van der Waals surface area contributed by atoms with Crippen molar-refractivity contribution in [2.45, 2.75) is 57.8 Å². The minimum Gasteiger partial charge on any atom is -0.348 e. The average Bonchev–Trinajstić information content (AvgIpc) is 3.17. The Morgan fingerprint density at radius 3 is 2.53 bits per heavy atom. The highest BCUT2D eigenvalue weighted by atomic mass is 16.7. The van der Waals surface area contributed by atoms with Gasteiger partial charge in [0, 0.05) is 38.5 Å². The first-order chi connectivity index (χ1) is 14.4. The number of ether oxygens (including phenoxy) is 2. The second-order valence-electron chi connectivity index (χ2n) is 9.18. The SMILES string of the molecule is CCNC(=O)N(CCCN(C)C)C(=O)[C@@H]1C[C@@H]2CC3(CC[C@H]2N(CC)C1)OCCO3. The van der Waals surface area contributed by atoms with E-state index in [1.807, 2.05) is 21.0 Å². The number of nitrogens with one attached hydrogen (secondary N) is 1. The van der Waals surface area contributed by atoms with Crippen LogP contribution in [0.1, 0.15) is 46.0 Å². The normalized spacial score (nSPS) is 28.5. The van der Waals surface area contributed by atoms with Crippen molar-refractivity contribution in [2.75, 3.05) is 60.0 Å². The third kappa shape index (κ3) is 5.33. The minimum absolute atomic E-state index is 0.0375. The molecule has 0 unspecified atom stereocenters. The smallest absolute Gasteiger partial charge is 0.324 e. The van der Waals surface area contributed by atoms with Gasteiger partial charge in [0.2, 0.25) is 5.91 Å². The number of carbonyl (C=O) groups is 2. The molecule has 30 heavy (non-hydrogen) atoms. The van der Waals surface area contributed by atoms with Gasteiger partial charge in [-0.2, -0.15) is 0 Å². The summed E-state index contributed by atoms with van der Waals surface area (Å²) in [6.45, 7) is 8.83. The van der Waals surface area contributed by atoms with E-state index in [1.165, 1.54) is 4.90 Å².